The number of carbonyl (C=O) groups excluding carboxylic acids is 2. The molecule has 2 aliphatic rings. The van der Waals surface area contributed by atoms with E-state index in [1.165, 1.54) is 5.56 Å². The van der Waals surface area contributed by atoms with Crippen LogP contribution in [0.5, 0.6) is 0 Å². The molecule has 0 radical (unpaired) electrons. The van der Waals surface area contributed by atoms with Crippen LogP contribution in [-0.4, -0.2) is 31.8 Å². The maximum Gasteiger partial charge on any atom is 0.513 e. The Morgan fingerprint density at radius 2 is 1.69 bits per heavy atom. The highest BCUT2D eigenvalue weighted by Crippen LogP contribution is 2.48. The van der Waals surface area contributed by atoms with Crippen molar-refractivity contribution in [2.45, 2.75) is 66.2 Å². The van der Waals surface area contributed by atoms with Crippen molar-refractivity contribution in [3.8, 4) is 0 Å². The van der Waals surface area contributed by atoms with Crippen LogP contribution in [0.4, 0.5) is 4.79 Å². The zero-order valence-corrected chi connectivity index (χ0v) is 18.1. The number of aryl methyl sites for hydroxylation is 3. The molecule has 0 unspecified atom stereocenters. The normalized spacial score (nSPS) is 18.8. The second kappa shape index (κ2) is 9.12. The maximum atomic E-state index is 13.5. The minimum absolute atomic E-state index is 0.0608. The van der Waals surface area contributed by atoms with Crippen molar-refractivity contribution in [1.29, 1.82) is 0 Å². The minimum atomic E-state index is -0.736. The van der Waals surface area contributed by atoms with Gasteiger partial charge in [-0.25, -0.2) is 4.79 Å². The fourth-order valence-corrected chi connectivity index (χ4v) is 4.67. The average molecular weight is 401 g/mol. The lowest BCUT2D eigenvalue weighted by atomic mass is 9.67. The molecule has 5 nitrogen and oxygen atoms in total. The van der Waals surface area contributed by atoms with Crippen molar-refractivity contribution < 1.29 is 23.8 Å². The summed E-state index contributed by atoms with van der Waals surface area (Å²) in [6.07, 6.45) is 3.53. The van der Waals surface area contributed by atoms with Crippen LogP contribution in [0.1, 0.15) is 68.7 Å². The number of ketones is 1. The van der Waals surface area contributed by atoms with Gasteiger partial charge in [0.1, 0.15) is 5.76 Å². The Bertz CT molecular complexity index is 790. The molecule has 0 bridgehead atoms. The monoisotopic (exact) mass is 400 g/mol. The fraction of sp³-hybridized carbons (Fsp3) is 0.583. The van der Waals surface area contributed by atoms with E-state index in [9.17, 15) is 9.59 Å². The summed E-state index contributed by atoms with van der Waals surface area (Å²) in [7, 11) is 0. The van der Waals surface area contributed by atoms with E-state index in [0.29, 0.717) is 37.4 Å². The van der Waals surface area contributed by atoms with Gasteiger partial charge in [-0.05, 0) is 61.6 Å². The topological polar surface area (TPSA) is 61.8 Å². The Morgan fingerprint density at radius 1 is 1.07 bits per heavy atom. The third kappa shape index (κ3) is 4.55. The first kappa shape index (κ1) is 21.6. The Hall–Kier alpha value is -2.14. The quantitative estimate of drug-likeness (QED) is 0.639. The summed E-state index contributed by atoms with van der Waals surface area (Å²) in [5.41, 5.74) is 4.76. The van der Waals surface area contributed by atoms with Gasteiger partial charge in [-0.15, -0.1) is 0 Å². The molecule has 1 saturated heterocycles. The Kier molecular flexibility index (Phi) is 6.78. The number of benzene rings is 1. The van der Waals surface area contributed by atoms with Crippen LogP contribution in [0, 0.1) is 12.3 Å². The third-order valence-corrected chi connectivity index (χ3v) is 6.11. The summed E-state index contributed by atoms with van der Waals surface area (Å²) in [5.74, 6) is 0.528. The van der Waals surface area contributed by atoms with Gasteiger partial charge in [-0.1, -0.05) is 31.5 Å². The zero-order chi connectivity index (χ0) is 21.0. The molecule has 158 valence electrons. The van der Waals surface area contributed by atoms with Crippen LogP contribution in [0.15, 0.2) is 17.9 Å². The predicted molar refractivity (Wildman–Crippen MR) is 112 cm³/mol. The lowest BCUT2D eigenvalue weighted by Crippen LogP contribution is -2.37. The fourth-order valence-electron chi connectivity index (χ4n) is 4.67. The summed E-state index contributed by atoms with van der Waals surface area (Å²) < 4.78 is 16.2. The molecule has 0 saturated carbocycles. The molecule has 0 N–H and O–H groups in total. The van der Waals surface area contributed by atoms with Gasteiger partial charge in [0.05, 0.1) is 12.2 Å². The molecule has 0 atom stereocenters. The predicted octanol–water partition coefficient (Wildman–Crippen LogP) is 5.16. The molecule has 5 heteroatoms. The van der Waals surface area contributed by atoms with Crippen LogP contribution in [-0.2, 0) is 31.8 Å². The standard InChI is InChI=1S/C24H32O5/c1-5-17-12-16(4)13-18(6-2)21(17)22-19(25)14-24(8-10-27-11-9-24)15-20(22)29-23(26)28-7-3/h12-13H,5-11,14-15H2,1-4H3. The van der Waals surface area contributed by atoms with E-state index in [1.54, 1.807) is 6.92 Å². The summed E-state index contributed by atoms with van der Waals surface area (Å²) in [6.45, 7) is 9.52. The van der Waals surface area contributed by atoms with Gasteiger partial charge in [0.25, 0.3) is 0 Å². The third-order valence-electron chi connectivity index (χ3n) is 6.11. The maximum absolute atomic E-state index is 13.5. The molecule has 1 aliphatic carbocycles. The second-order valence-corrected chi connectivity index (χ2v) is 8.14. The molecule has 1 aromatic rings. The van der Waals surface area contributed by atoms with Crippen LogP contribution >= 0.6 is 0 Å². The number of hydrogen-bond acceptors (Lipinski definition) is 5. The van der Waals surface area contributed by atoms with E-state index >= 15 is 0 Å². The molecule has 29 heavy (non-hydrogen) atoms. The molecule has 1 aromatic carbocycles. The molecule has 0 amide bonds. The van der Waals surface area contributed by atoms with Crippen LogP contribution in [0.2, 0.25) is 0 Å². The second-order valence-electron chi connectivity index (χ2n) is 8.14. The zero-order valence-electron chi connectivity index (χ0n) is 18.1. The van der Waals surface area contributed by atoms with Crippen molar-refractivity contribution in [2.24, 2.45) is 5.41 Å². The lowest BCUT2D eigenvalue weighted by Gasteiger charge is -2.40. The molecular formula is C24H32O5. The summed E-state index contributed by atoms with van der Waals surface area (Å²) in [6, 6.07) is 4.27. The highest BCUT2D eigenvalue weighted by Gasteiger charge is 2.43. The van der Waals surface area contributed by atoms with E-state index in [4.69, 9.17) is 14.2 Å². The summed E-state index contributed by atoms with van der Waals surface area (Å²) >= 11 is 0. The Labute approximate surface area is 173 Å². The number of rotatable bonds is 5. The average Bonchev–Trinajstić information content (AvgIpc) is 2.68. The molecule has 1 heterocycles. The largest absolute Gasteiger partial charge is 0.513 e. The van der Waals surface area contributed by atoms with E-state index < -0.39 is 6.16 Å². The summed E-state index contributed by atoms with van der Waals surface area (Å²) in [4.78, 5) is 25.7. The van der Waals surface area contributed by atoms with Gasteiger partial charge in [0.15, 0.2) is 5.78 Å². The Balaban J connectivity index is 2.15. The van der Waals surface area contributed by atoms with E-state index in [-0.39, 0.29) is 17.8 Å². The first-order valence-electron chi connectivity index (χ1n) is 10.7. The SMILES string of the molecule is CCOC(=O)OC1=C(c2c(CC)cc(C)cc2CC)C(=O)CC2(CCOCC2)C1. The molecule has 0 aromatic heterocycles. The number of Topliss-reactive ketones (excluding diaryl/α,β-unsaturated/α-hetero) is 1. The first-order chi connectivity index (χ1) is 13.9. The highest BCUT2D eigenvalue weighted by atomic mass is 16.7. The van der Waals surface area contributed by atoms with Crippen molar-refractivity contribution in [2.75, 3.05) is 19.8 Å². The summed E-state index contributed by atoms with van der Waals surface area (Å²) in [5, 5.41) is 0. The smallest absolute Gasteiger partial charge is 0.434 e. The van der Waals surface area contributed by atoms with Gasteiger partial charge in [0.2, 0.25) is 0 Å². The van der Waals surface area contributed by atoms with Crippen molar-refractivity contribution in [3.05, 3.63) is 40.1 Å². The van der Waals surface area contributed by atoms with E-state index in [2.05, 4.69) is 32.9 Å². The van der Waals surface area contributed by atoms with E-state index in [0.717, 1.165) is 42.4 Å². The van der Waals surface area contributed by atoms with Crippen LogP contribution < -0.4 is 0 Å². The van der Waals surface area contributed by atoms with Crippen molar-refractivity contribution in [3.63, 3.8) is 0 Å². The lowest BCUT2D eigenvalue weighted by molar-refractivity contribution is -0.119. The van der Waals surface area contributed by atoms with E-state index in [1.807, 2.05) is 0 Å². The van der Waals surface area contributed by atoms with Gasteiger partial charge in [0, 0.05) is 26.1 Å². The Morgan fingerprint density at radius 3 is 2.24 bits per heavy atom. The van der Waals surface area contributed by atoms with Crippen LogP contribution in [0.3, 0.4) is 0 Å². The highest BCUT2D eigenvalue weighted by molar-refractivity contribution is 6.23. The van der Waals surface area contributed by atoms with Gasteiger partial charge in [-0.2, -0.15) is 0 Å². The van der Waals surface area contributed by atoms with Gasteiger partial charge in [-0.3, -0.25) is 4.79 Å². The van der Waals surface area contributed by atoms with Gasteiger partial charge >= 0.3 is 6.16 Å². The van der Waals surface area contributed by atoms with Crippen LogP contribution in [0.25, 0.3) is 5.57 Å². The minimum Gasteiger partial charge on any atom is -0.434 e. The number of carbonyl (C=O) groups is 2. The number of ether oxygens (including phenoxy) is 3. The number of hydrogen-bond donors (Lipinski definition) is 0. The number of allylic oxidation sites excluding steroid dienone is 2. The van der Waals surface area contributed by atoms with Crippen molar-refractivity contribution >= 4 is 17.5 Å². The molecule has 3 rings (SSSR count). The molecule has 1 fully saturated rings. The first-order valence-corrected chi connectivity index (χ1v) is 10.7. The molecule has 1 aliphatic heterocycles. The molecule has 1 spiro atoms. The molecular weight excluding hydrogens is 368 g/mol. The van der Waals surface area contributed by atoms with Gasteiger partial charge < -0.3 is 14.2 Å². The van der Waals surface area contributed by atoms with Crippen molar-refractivity contribution in [1.82, 2.24) is 0 Å².